The Hall–Kier alpha value is -2.06. The zero-order chi connectivity index (χ0) is 16.1. The standard InChI is InChI=1S/C17H20N4S/c1-11(2)8-15-14(9-18)16(19)21-17(20-15)22-10-13-6-4-12(3)5-7-13/h4-7,11H,8,10H2,1-3H3,(H2,19,20,21). The number of rotatable bonds is 5. The molecule has 1 aromatic carbocycles. The summed E-state index contributed by atoms with van der Waals surface area (Å²) in [6.07, 6.45) is 0.730. The van der Waals surface area contributed by atoms with Crippen molar-refractivity contribution in [2.75, 3.05) is 5.73 Å². The highest BCUT2D eigenvalue weighted by molar-refractivity contribution is 7.98. The van der Waals surface area contributed by atoms with Gasteiger partial charge >= 0.3 is 0 Å². The normalized spacial score (nSPS) is 10.7. The molecule has 1 heterocycles. The molecule has 2 rings (SSSR count). The Morgan fingerprint density at radius 3 is 2.50 bits per heavy atom. The molecule has 114 valence electrons. The highest BCUT2D eigenvalue weighted by Crippen LogP contribution is 2.24. The number of nitrogen functional groups attached to an aromatic ring is 1. The van der Waals surface area contributed by atoms with Gasteiger partial charge in [0.2, 0.25) is 0 Å². The third kappa shape index (κ3) is 4.22. The van der Waals surface area contributed by atoms with E-state index in [0.717, 1.165) is 17.9 Å². The molecule has 0 radical (unpaired) electrons. The lowest BCUT2D eigenvalue weighted by Gasteiger charge is -2.10. The molecule has 0 saturated carbocycles. The molecule has 0 fully saturated rings. The predicted octanol–water partition coefficient (Wildman–Crippen LogP) is 3.73. The maximum absolute atomic E-state index is 9.22. The minimum absolute atomic E-state index is 0.277. The van der Waals surface area contributed by atoms with E-state index in [9.17, 15) is 5.26 Å². The lowest BCUT2D eigenvalue weighted by molar-refractivity contribution is 0.627. The lowest BCUT2D eigenvalue weighted by atomic mass is 10.0. The van der Waals surface area contributed by atoms with Crippen LogP contribution in [0.3, 0.4) is 0 Å². The van der Waals surface area contributed by atoms with Crippen molar-refractivity contribution in [2.24, 2.45) is 5.92 Å². The molecular weight excluding hydrogens is 292 g/mol. The van der Waals surface area contributed by atoms with Gasteiger partial charge in [-0.05, 0) is 24.8 Å². The first kappa shape index (κ1) is 16.3. The summed E-state index contributed by atoms with van der Waals surface area (Å²) in [6, 6.07) is 10.5. The van der Waals surface area contributed by atoms with E-state index in [0.29, 0.717) is 16.6 Å². The Labute approximate surface area is 135 Å². The number of nitriles is 1. The SMILES string of the molecule is Cc1ccc(CSc2nc(N)c(C#N)c(CC(C)C)n2)cc1. The summed E-state index contributed by atoms with van der Waals surface area (Å²) in [6.45, 7) is 6.26. The molecular formula is C17H20N4S. The van der Waals surface area contributed by atoms with Gasteiger partial charge in [0, 0.05) is 5.75 Å². The van der Waals surface area contributed by atoms with Crippen LogP contribution in [0.2, 0.25) is 0 Å². The average molecular weight is 312 g/mol. The van der Waals surface area contributed by atoms with Gasteiger partial charge in [0.05, 0.1) is 5.69 Å². The van der Waals surface area contributed by atoms with Crippen LogP contribution in [0.5, 0.6) is 0 Å². The third-order valence-corrected chi connectivity index (χ3v) is 4.11. The summed E-state index contributed by atoms with van der Waals surface area (Å²) in [7, 11) is 0. The fraction of sp³-hybridized carbons (Fsp3) is 0.353. The Morgan fingerprint density at radius 1 is 1.23 bits per heavy atom. The first-order chi connectivity index (χ1) is 10.5. The number of thioether (sulfide) groups is 1. The molecule has 0 aliphatic heterocycles. The number of anilines is 1. The van der Waals surface area contributed by atoms with Gasteiger partial charge in [-0.2, -0.15) is 5.26 Å². The van der Waals surface area contributed by atoms with Crippen molar-refractivity contribution in [1.82, 2.24) is 9.97 Å². The van der Waals surface area contributed by atoms with E-state index in [1.807, 2.05) is 0 Å². The van der Waals surface area contributed by atoms with E-state index < -0.39 is 0 Å². The Morgan fingerprint density at radius 2 is 1.91 bits per heavy atom. The highest BCUT2D eigenvalue weighted by Gasteiger charge is 2.13. The monoisotopic (exact) mass is 312 g/mol. The van der Waals surface area contributed by atoms with Gasteiger partial charge in [-0.1, -0.05) is 55.4 Å². The number of aryl methyl sites for hydroxylation is 1. The van der Waals surface area contributed by atoms with Gasteiger partial charge in [0.1, 0.15) is 17.5 Å². The van der Waals surface area contributed by atoms with Crippen LogP contribution in [-0.4, -0.2) is 9.97 Å². The second-order valence-corrected chi connectivity index (χ2v) is 6.64. The minimum atomic E-state index is 0.277. The van der Waals surface area contributed by atoms with Gasteiger partial charge in [-0.3, -0.25) is 0 Å². The zero-order valence-corrected chi connectivity index (χ0v) is 13.9. The lowest BCUT2D eigenvalue weighted by Crippen LogP contribution is -2.07. The smallest absolute Gasteiger partial charge is 0.190 e. The van der Waals surface area contributed by atoms with E-state index in [1.54, 1.807) is 11.8 Å². The number of hydrogen-bond acceptors (Lipinski definition) is 5. The topological polar surface area (TPSA) is 75.6 Å². The molecule has 0 aliphatic rings. The minimum Gasteiger partial charge on any atom is -0.382 e. The number of aromatic nitrogens is 2. The van der Waals surface area contributed by atoms with Crippen molar-refractivity contribution in [2.45, 2.75) is 38.1 Å². The molecule has 0 amide bonds. The van der Waals surface area contributed by atoms with E-state index in [4.69, 9.17) is 5.73 Å². The number of nitrogens with zero attached hydrogens (tertiary/aromatic N) is 3. The van der Waals surface area contributed by atoms with E-state index in [2.05, 4.69) is 61.1 Å². The second-order valence-electron chi connectivity index (χ2n) is 5.70. The predicted molar refractivity (Wildman–Crippen MR) is 90.4 cm³/mol. The zero-order valence-electron chi connectivity index (χ0n) is 13.1. The van der Waals surface area contributed by atoms with Crippen molar-refractivity contribution in [3.05, 3.63) is 46.6 Å². The molecule has 0 atom stereocenters. The van der Waals surface area contributed by atoms with Crippen LogP contribution in [0.1, 0.15) is 36.2 Å². The quantitative estimate of drug-likeness (QED) is 0.672. The van der Waals surface area contributed by atoms with Crippen molar-refractivity contribution in [3.8, 4) is 6.07 Å². The second kappa shape index (κ2) is 7.28. The average Bonchev–Trinajstić information content (AvgIpc) is 2.46. The molecule has 2 aromatic rings. The summed E-state index contributed by atoms with van der Waals surface area (Å²) >= 11 is 1.54. The van der Waals surface area contributed by atoms with Crippen LogP contribution in [0.25, 0.3) is 0 Å². The van der Waals surface area contributed by atoms with Gasteiger partial charge in [-0.25, -0.2) is 9.97 Å². The first-order valence-corrected chi connectivity index (χ1v) is 8.23. The molecule has 0 unspecified atom stereocenters. The van der Waals surface area contributed by atoms with Gasteiger partial charge in [0.15, 0.2) is 5.16 Å². The molecule has 2 N–H and O–H groups in total. The number of benzene rings is 1. The Balaban J connectivity index is 2.19. The molecule has 0 bridgehead atoms. The van der Waals surface area contributed by atoms with Crippen LogP contribution >= 0.6 is 11.8 Å². The van der Waals surface area contributed by atoms with Crippen LogP contribution in [0.15, 0.2) is 29.4 Å². The fourth-order valence-corrected chi connectivity index (χ4v) is 2.88. The Kier molecular flexibility index (Phi) is 5.40. The van der Waals surface area contributed by atoms with Gasteiger partial charge in [0.25, 0.3) is 0 Å². The highest BCUT2D eigenvalue weighted by atomic mass is 32.2. The Bertz CT molecular complexity index is 687. The molecule has 4 nitrogen and oxygen atoms in total. The number of nitrogens with two attached hydrogens (primary N) is 1. The largest absolute Gasteiger partial charge is 0.382 e. The van der Waals surface area contributed by atoms with Crippen LogP contribution in [0.4, 0.5) is 5.82 Å². The van der Waals surface area contributed by atoms with Crippen LogP contribution in [-0.2, 0) is 12.2 Å². The molecule has 0 aliphatic carbocycles. The van der Waals surface area contributed by atoms with Crippen LogP contribution in [0, 0.1) is 24.2 Å². The molecule has 1 aromatic heterocycles. The molecule has 5 heteroatoms. The summed E-state index contributed by atoms with van der Waals surface area (Å²) in [5.74, 6) is 1.48. The maximum atomic E-state index is 9.22. The van der Waals surface area contributed by atoms with E-state index in [1.165, 1.54) is 11.1 Å². The van der Waals surface area contributed by atoms with Gasteiger partial charge in [-0.15, -0.1) is 0 Å². The van der Waals surface area contributed by atoms with Gasteiger partial charge < -0.3 is 5.73 Å². The molecule has 0 saturated heterocycles. The first-order valence-electron chi connectivity index (χ1n) is 7.24. The third-order valence-electron chi connectivity index (χ3n) is 3.19. The summed E-state index contributed by atoms with van der Waals surface area (Å²) in [5, 5.41) is 9.85. The summed E-state index contributed by atoms with van der Waals surface area (Å²) in [4.78, 5) is 8.78. The van der Waals surface area contributed by atoms with E-state index >= 15 is 0 Å². The molecule has 0 spiro atoms. The fourth-order valence-electron chi connectivity index (χ4n) is 2.06. The summed E-state index contributed by atoms with van der Waals surface area (Å²) < 4.78 is 0. The van der Waals surface area contributed by atoms with Crippen LogP contribution < -0.4 is 5.73 Å². The maximum Gasteiger partial charge on any atom is 0.190 e. The summed E-state index contributed by atoms with van der Waals surface area (Å²) in [5.41, 5.74) is 9.53. The van der Waals surface area contributed by atoms with E-state index in [-0.39, 0.29) is 5.82 Å². The van der Waals surface area contributed by atoms with Crippen molar-refractivity contribution >= 4 is 17.6 Å². The van der Waals surface area contributed by atoms with Crippen molar-refractivity contribution in [1.29, 1.82) is 5.26 Å². The van der Waals surface area contributed by atoms with Crippen molar-refractivity contribution < 1.29 is 0 Å². The van der Waals surface area contributed by atoms with Crippen molar-refractivity contribution in [3.63, 3.8) is 0 Å². The molecule has 22 heavy (non-hydrogen) atoms. The number of hydrogen-bond donors (Lipinski definition) is 1.